The SMILES string of the molecule is CC(C(=O)NC1CC1)N1CCN(c2cnn(-c3ccccc3)c(=O)c2Cl)CC1. The summed E-state index contributed by atoms with van der Waals surface area (Å²) < 4.78 is 1.31. The zero-order chi connectivity index (χ0) is 19.7. The highest BCUT2D eigenvalue weighted by molar-refractivity contribution is 6.33. The van der Waals surface area contributed by atoms with Crippen LogP contribution in [-0.4, -0.2) is 58.9 Å². The summed E-state index contributed by atoms with van der Waals surface area (Å²) in [5.74, 6) is 0.0982. The molecular weight excluding hydrogens is 378 g/mol. The lowest BCUT2D eigenvalue weighted by molar-refractivity contribution is -0.126. The number of carbonyl (C=O) groups excluding carboxylic acids is 1. The quantitative estimate of drug-likeness (QED) is 0.825. The third kappa shape index (κ3) is 3.91. The van der Waals surface area contributed by atoms with Gasteiger partial charge in [-0.1, -0.05) is 29.8 Å². The summed E-state index contributed by atoms with van der Waals surface area (Å²) in [6.07, 6.45) is 3.83. The van der Waals surface area contributed by atoms with E-state index in [1.54, 1.807) is 6.20 Å². The average Bonchev–Trinajstić information content (AvgIpc) is 3.54. The lowest BCUT2D eigenvalue weighted by Gasteiger charge is -2.38. The predicted molar refractivity (Wildman–Crippen MR) is 109 cm³/mol. The van der Waals surface area contributed by atoms with Crippen LogP contribution in [0, 0.1) is 0 Å². The van der Waals surface area contributed by atoms with Gasteiger partial charge in [-0.05, 0) is 31.9 Å². The van der Waals surface area contributed by atoms with E-state index in [0.717, 1.165) is 25.9 Å². The predicted octanol–water partition coefficient (Wildman–Crippen LogP) is 1.67. The topological polar surface area (TPSA) is 70.5 Å². The fourth-order valence-electron chi connectivity index (χ4n) is 3.46. The van der Waals surface area contributed by atoms with Gasteiger partial charge in [-0.25, -0.2) is 0 Å². The molecule has 0 radical (unpaired) electrons. The molecule has 1 aliphatic heterocycles. The van der Waals surface area contributed by atoms with Crippen LogP contribution in [0.4, 0.5) is 5.69 Å². The van der Waals surface area contributed by atoms with Gasteiger partial charge in [0.05, 0.1) is 23.6 Å². The van der Waals surface area contributed by atoms with Gasteiger partial charge in [0, 0.05) is 32.2 Å². The van der Waals surface area contributed by atoms with Crippen molar-refractivity contribution in [1.82, 2.24) is 20.0 Å². The van der Waals surface area contributed by atoms with Crippen molar-refractivity contribution < 1.29 is 4.79 Å². The fraction of sp³-hybridized carbons (Fsp3) is 0.450. The molecule has 0 bridgehead atoms. The Morgan fingerprint density at radius 3 is 2.50 bits per heavy atom. The molecule has 1 N–H and O–H groups in total. The Balaban J connectivity index is 1.44. The number of hydrogen-bond donors (Lipinski definition) is 1. The van der Waals surface area contributed by atoms with Gasteiger partial charge in [-0.15, -0.1) is 0 Å². The van der Waals surface area contributed by atoms with Gasteiger partial charge in [0.2, 0.25) is 5.91 Å². The van der Waals surface area contributed by atoms with Crippen LogP contribution in [0.5, 0.6) is 0 Å². The molecule has 1 saturated carbocycles. The summed E-state index contributed by atoms with van der Waals surface area (Å²) in [6.45, 7) is 4.80. The molecule has 0 spiro atoms. The number of hydrogen-bond acceptors (Lipinski definition) is 5. The molecule has 8 heteroatoms. The van der Waals surface area contributed by atoms with E-state index in [2.05, 4.69) is 20.2 Å². The number of halogens is 1. The van der Waals surface area contributed by atoms with E-state index in [0.29, 0.717) is 30.5 Å². The van der Waals surface area contributed by atoms with Gasteiger partial charge in [0.15, 0.2) is 0 Å². The Hall–Kier alpha value is -2.38. The third-order valence-electron chi connectivity index (χ3n) is 5.41. The number of piperazine rings is 1. The molecule has 2 heterocycles. The van der Waals surface area contributed by atoms with Gasteiger partial charge in [-0.3, -0.25) is 14.5 Å². The number of para-hydroxylation sites is 1. The summed E-state index contributed by atoms with van der Waals surface area (Å²) in [7, 11) is 0. The number of amides is 1. The van der Waals surface area contributed by atoms with Gasteiger partial charge in [-0.2, -0.15) is 9.78 Å². The van der Waals surface area contributed by atoms with E-state index in [9.17, 15) is 9.59 Å². The van der Waals surface area contributed by atoms with Gasteiger partial charge in [0.25, 0.3) is 5.56 Å². The number of carbonyl (C=O) groups is 1. The summed E-state index contributed by atoms with van der Waals surface area (Å²) in [6, 6.07) is 9.44. The van der Waals surface area contributed by atoms with E-state index < -0.39 is 0 Å². The van der Waals surface area contributed by atoms with E-state index in [-0.39, 0.29) is 22.5 Å². The normalized spacial score (nSPS) is 18.7. The minimum atomic E-state index is -0.329. The van der Waals surface area contributed by atoms with Crippen molar-refractivity contribution in [3.05, 3.63) is 51.9 Å². The number of anilines is 1. The molecular formula is C20H24ClN5O2. The average molecular weight is 402 g/mol. The van der Waals surface area contributed by atoms with Crippen LogP contribution in [0.15, 0.2) is 41.3 Å². The smallest absolute Gasteiger partial charge is 0.292 e. The highest BCUT2D eigenvalue weighted by Gasteiger charge is 2.30. The Kier molecular flexibility index (Phi) is 5.37. The highest BCUT2D eigenvalue weighted by atomic mass is 35.5. The largest absolute Gasteiger partial charge is 0.366 e. The lowest BCUT2D eigenvalue weighted by Crippen LogP contribution is -2.54. The first-order valence-corrected chi connectivity index (χ1v) is 10.0. The molecule has 1 aromatic heterocycles. The van der Waals surface area contributed by atoms with Gasteiger partial charge in [0.1, 0.15) is 5.02 Å². The van der Waals surface area contributed by atoms with E-state index in [4.69, 9.17) is 11.6 Å². The second-order valence-electron chi connectivity index (χ2n) is 7.38. The van der Waals surface area contributed by atoms with Crippen LogP contribution in [0.2, 0.25) is 5.02 Å². The molecule has 148 valence electrons. The van der Waals surface area contributed by atoms with Crippen molar-refractivity contribution in [3.63, 3.8) is 0 Å². The summed E-state index contributed by atoms with van der Waals surface area (Å²) in [5, 5.41) is 7.54. The molecule has 1 aliphatic carbocycles. The van der Waals surface area contributed by atoms with Crippen LogP contribution in [-0.2, 0) is 4.79 Å². The van der Waals surface area contributed by atoms with Crippen LogP contribution >= 0.6 is 11.6 Å². The maximum Gasteiger partial charge on any atom is 0.292 e. The Bertz CT molecular complexity index is 905. The number of nitrogens with zero attached hydrogens (tertiary/aromatic N) is 4. The van der Waals surface area contributed by atoms with Crippen molar-refractivity contribution in [2.45, 2.75) is 31.8 Å². The van der Waals surface area contributed by atoms with Crippen molar-refractivity contribution in [2.75, 3.05) is 31.1 Å². The molecule has 1 unspecified atom stereocenters. The van der Waals surface area contributed by atoms with Crippen molar-refractivity contribution in [3.8, 4) is 5.69 Å². The molecule has 7 nitrogen and oxygen atoms in total. The van der Waals surface area contributed by atoms with Gasteiger partial charge >= 0.3 is 0 Å². The zero-order valence-electron chi connectivity index (χ0n) is 15.8. The number of benzene rings is 1. The minimum absolute atomic E-state index is 0.0982. The summed E-state index contributed by atoms with van der Waals surface area (Å²) >= 11 is 6.40. The molecule has 4 rings (SSSR count). The molecule has 28 heavy (non-hydrogen) atoms. The van der Waals surface area contributed by atoms with Crippen molar-refractivity contribution in [1.29, 1.82) is 0 Å². The molecule has 2 aliphatic rings. The van der Waals surface area contributed by atoms with E-state index in [1.165, 1.54) is 4.68 Å². The first kappa shape index (κ1) is 19.0. The monoisotopic (exact) mass is 401 g/mol. The second kappa shape index (κ2) is 7.93. The standard InChI is InChI=1S/C20H24ClN5O2/c1-14(19(27)23-15-7-8-15)24-9-11-25(12-10-24)17-13-22-26(20(28)18(17)21)16-5-3-2-4-6-16/h2-6,13-15H,7-12H2,1H3,(H,23,27). The lowest BCUT2D eigenvalue weighted by atomic mass is 10.2. The summed E-state index contributed by atoms with van der Waals surface area (Å²) in [5.41, 5.74) is 1.000. The molecule has 2 aromatic rings. The second-order valence-corrected chi connectivity index (χ2v) is 7.76. The Labute approximate surface area is 168 Å². The van der Waals surface area contributed by atoms with Crippen LogP contribution < -0.4 is 15.8 Å². The van der Waals surface area contributed by atoms with Crippen LogP contribution in [0.25, 0.3) is 5.69 Å². The first-order chi connectivity index (χ1) is 13.5. The zero-order valence-corrected chi connectivity index (χ0v) is 16.6. The molecule has 1 saturated heterocycles. The number of rotatable bonds is 5. The van der Waals surface area contributed by atoms with Gasteiger partial charge < -0.3 is 10.2 Å². The number of aromatic nitrogens is 2. The first-order valence-electron chi connectivity index (χ1n) is 9.67. The molecule has 2 fully saturated rings. The maximum atomic E-state index is 12.7. The molecule has 1 aromatic carbocycles. The van der Waals surface area contributed by atoms with E-state index in [1.807, 2.05) is 37.3 Å². The van der Waals surface area contributed by atoms with Crippen molar-refractivity contribution >= 4 is 23.2 Å². The maximum absolute atomic E-state index is 12.7. The van der Waals surface area contributed by atoms with Crippen LogP contribution in [0.3, 0.4) is 0 Å². The fourth-order valence-corrected chi connectivity index (χ4v) is 3.71. The Morgan fingerprint density at radius 1 is 1.18 bits per heavy atom. The van der Waals surface area contributed by atoms with Crippen molar-refractivity contribution in [2.24, 2.45) is 0 Å². The Morgan fingerprint density at radius 2 is 1.86 bits per heavy atom. The molecule has 1 atom stereocenters. The van der Waals surface area contributed by atoms with E-state index >= 15 is 0 Å². The third-order valence-corrected chi connectivity index (χ3v) is 5.76. The minimum Gasteiger partial charge on any atom is -0.366 e. The number of nitrogens with one attached hydrogen (secondary N) is 1. The van der Waals surface area contributed by atoms with Crippen LogP contribution in [0.1, 0.15) is 19.8 Å². The molecule has 1 amide bonds. The summed E-state index contributed by atoms with van der Waals surface area (Å²) in [4.78, 5) is 29.2. The highest BCUT2D eigenvalue weighted by Crippen LogP contribution is 2.24.